The molecule has 0 aromatic heterocycles. The number of hydrogen-bond donors (Lipinski definition) is 4. The number of carbonyl (C=O) groups is 2. The Morgan fingerprint density at radius 3 is 2.11 bits per heavy atom. The van der Waals surface area contributed by atoms with E-state index in [4.69, 9.17) is 0 Å². The monoisotopic (exact) mass is 509 g/mol. The lowest BCUT2D eigenvalue weighted by molar-refractivity contribution is -0.138. The lowest BCUT2D eigenvalue weighted by Gasteiger charge is -2.16. The van der Waals surface area contributed by atoms with E-state index in [0.29, 0.717) is 11.3 Å². The zero-order valence-corrected chi connectivity index (χ0v) is 21.3. The van der Waals surface area contributed by atoms with Crippen LogP contribution in [0.15, 0.2) is 77.7 Å². The number of anilines is 1. The molecule has 0 aliphatic carbocycles. The number of sulfonamides is 1. The van der Waals surface area contributed by atoms with E-state index in [2.05, 4.69) is 15.4 Å². The van der Waals surface area contributed by atoms with Crippen molar-refractivity contribution in [3.63, 3.8) is 0 Å². The van der Waals surface area contributed by atoms with Crippen molar-refractivity contribution in [3.05, 3.63) is 83.9 Å². The highest BCUT2D eigenvalue weighted by Crippen LogP contribution is 2.24. The molecule has 0 heterocycles. The molecule has 9 heteroatoms. The largest absolute Gasteiger partial charge is 0.480 e. The van der Waals surface area contributed by atoms with E-state index < -0.39 is 22.0 Å². The normalized spacial score (nSPS) is 12.2. The Morgan fingerprint density at radius 2 is 1.53 bits per heavy atom. The molecule has 2 amide bonds. The Balaban J connectivity index is 1.71. The lowest BCUT2D eigenvalue weighted by atomic mass is 10.0. The van der Waals surface area contributed by atoms with E-state index in [9.17, 15) is 23.1 Å². The van der Waals surface area contributed by atoms with E-state index in [1.54, 1.807) is 30.3 Å². The van der Waals surface area contributed by atoms with Crippen LogP contribution in [0.5, 0.6) is 0 Å². The van der Waals surface area contributed by atoms with Crippen molar-refractivity contribution < 1.29 is 23.1 Å². The number of hydrogen-bond acceptors (Lipinski definition) is 4. The number of carbonyl (C=O) groups excluding carboxylic acids is 1. The third kappa shape index (κ3) is 7.40. The number of amides is 2. The standard InChI is InChI=1S/C27H31N3O5S/c1-4-19-10-14-24(15-11-19)36(34,35)30-25(26(31)32)16-20-8-12-21(13-9-20)22-6-5-7-23(17-22)29-27(33)28-18(2)3/h5-15,17-18,25,30H,4,16H2,1-3H3,(H,31,32)(H2,28,29,33). The smallest absolute Gasteiger partial charge is 0.322 e. The van der Waals surface area contributed by atoms with Gasteiger partial charge in [-0.1, -0.05) is 55.5 Å². The highest BCUT2D eigenvalue weighted by Gasteiger charge is 2.25. The second kappa shape index (κ2) is 11.8. The van der Waals surface area contributed by atoms with Crippen LogP contribution in [-0.2, 0) is 27.7 Å². The third-order valence-corrected chi connectivity index (χ3v) is 6.99. The summed E-state index contributed by atoms with van der Waals surface area (Å²) < 4.78 is 27.8. The van der Waals surface area contributed by atoms with Crippen molar-refractivity contribution in [2.75, 3.05) is 5.32 Å². The first-order valence-electron chi connectivity index (χ1n) is 11.7. The topological polar surface area (TPSA) is 125 Å². The van der Waals surface area contributed by atoms with Crippen LogP contribution in [0.1, 0.15) is 31.9 Å². The average Bonchev–Trinajstić information content (AvgIpc) is 2.83. The summed E-state index contributed by atoms with van der Waals surface area (Å²) in [5, 5.41) is 15.2. The van der Waals surface area contributed by atoms with Crippen molar-refractivity contribution in [1.82, 2.24) is 10.0 Å². The number of carboxylic acids is 1. The van der Waals surface area contributed by atoms with Gasteiger partial charge >= 0.3 is 12.0 Å². The molecular formula is C27H31N3O5S. The molecule has 0 saturated carbocycles. The number of nitrogens with one attached hydrogen (secondary N) is 3. The Hall–Kier alpha value is -3.69. The first kappa shape index (κ1) is 26.9. The van der Waals surface area contributed by atoms with Crippen molar-refractivity contribution in [1.29, 1.82) is 0 Å². The first-order chi connectivity index (χ1) is 17.1. The number of aliphatic carboxylic acids is 1. The molecule has 36 heavy (non-hydrogen) atoms. The van der Waals surface area contributed by atoms with Gasteiger partial charge in [0.2, 0.25) is 10.0 Å². The predicted octanol–water partition coefficient (Wildman–Crippen LogP) is 4.42. The molecule has 8 nitrogen and oxygen atoms in total. The second-order valence-corrected chi connectivity index (χ2v) is 10.5. The summed E-state index contributed by atoms with van der Waals surface area (Å²) in [5.41, 5.74) is 4.04. The molecule has 0 spiro atoms. The molecule has 3 aromatic rings. The Morgan fingerprint density at radius 1 is 0.889 bits per heavy atom. The van der Waals surface area contributed by atoms with Crippen LogP contribution in [0, 0.1) is 0 Å². The minimum absolute atomic E-state index is 0.0150. The molecule has 0 bridgehead atoms. The van der Waals surface area contributed by atoms with Gasteiger partial charge in [-0.3, -0.25) is 4.79 Å². The van der Waals surface area contributed by atoms with Crippen LogP contribution in [0.2, 0.25) is 0 Å². The van der Waals surface area contributed by atoms with Gasteiger partial charge in [0, 0.05) is 11.7 Å². The number of urea groups is 1. The van der Waals surface area contributed by atoms with Gasteiger partial charge in [-0.05, 0) is 73.2 Å². The second-order valence-electron chi connectivity index (χ2n) is 8.74. The van der Waals surface area contributed by atoms with Crippen molar-refractivity contribution >= 4 is 27.7 Å². The fraction of sp³-hybridized carbons (Fsp3) is 0.259. The lowest BCUT2D eigenvalue weighted by Crippen LogP contribution is -2.42. The van der Waals surface area contributed by atoms with E-state index in [-0.39, 0.29) is 23.4 Å². The molecule has 0 aliphatic rings. The van der Waals surface area contributed by atoms with Gasteiger partial charge < -0.3 is 15.7 Å². The molecule has 0 fully saturated rings. The minimum atomic E-state index is -3.99. The summed E-state index contributed by atoms with van der Waals surface area (Å²) in [6.07, 6.45) is 0.759. The number of carboxylic acid groups (broad SMARTS) is 1. The fourth-order valence-corrected chi connectivity index (χ4v) is 4.80. The van der Waals surface area contributed by atoms with Crippen molar-refractivity contribution in [3.8, 4) is 11.1 Å². The van der Waals surface area contributed by atoms with E-state index in [1.807, 2.05) is 51.1 Å². The zero-order valence-electron chi connectivity index (χ0n) is 20.5. The molecule has 190 valence electrons. The highest BCUT2D eigenvalue weighted by molar-refractivity contribution is 7.89. The third-order valence-electron chi connectivity index (χ3n) is 5.50. The number of rotatable bonds is 10. The minimum Gasteiger partial charge on any atom is -0.480 e. The van der Waals surface area contributed by atoms with Gasteiger partial charge in [0.05, 0.1) is 4.90 Å². The Kier molecular flexibility index (Phi) is 8.84. The summed E-state index contributed by atoms with van der Waals surface area (Å²) in [5.74, 6) is -1.26. The van der Waals surface area contributed by atoms with Crippen LogP contribution in [0.25, 0.3) is 11.1 Å². The van der Waals surface area contributed by atoms with Gasteiger partial charge in [-0.25, -0.2) is 13.2 Å². The summed E-state index contributed by atoms with van der Waals surface area (Å²) in [4.78, 5) is 23.8. The van der Waals surface area contributed by atoms with Crippen LogP contribution in [0.3, 0.4) is 0 Å². The SMILES string of the molecule is CCc1ccc(S(=O)(=O)NC(Cc2ccc(-c3cccc(NC(=O)NC(C)C)c3)cc2)C(=O)O)cc1. The van der Waals surface area contributed by atoms with E-state index in [0.717, 1.165) is 23.1 Å². The van der Waals surface area contributed by atoms with Gasteiger partial charge in [-0.2, -0.15) is 4.72 Å². The summed E-state index contributed by atoms with van der Waals surface area (Å²) in [7, 11) is -3.99. The molecule has 0 radical (unpaired) electrons. The van der Waals surface area contributed by atoms with Crippen LogP contribution in [0.4, 0.5) is 10.5 Å². The van der Waals surface area contributed by atoms with Crippen LogP contribution >= 0.6 is 0 Å². The number of benzene rings is 3. The van der Waals surface area contributed by atoms with Gasteiger partial charge in [0.1, 0.15) is 6.04 Å². The predicted molar refractivity (Wildman–Crippen MR) is 140 cm³/mol. The maximum Gasteiger partial charge on any atom is 0.322 e. The summed E-state index contributed by atoms with van der Waals surface area (Å²) in [6.45, 7) is 5.72. The van der Waals surface area contributed by atoms with E-state index in [1.165, 1.54) is 12.1 Å². The number of aryl methyl sites for hydroxylation is 1. The van der Waals surface area contributed by atoms with Crippen molar-refractivity contribution in [2.24, 2.45) is 0 Å². The maximum atomic E-state index is 12.7. The van der Waals surface area contributed by atoms with Crippen molar-refractivity contribution in [2.45, 2.75) is 50.6 Å². The van der Waals surface area contributed by atoms with Crippen LogP contribution < -0.4 is 15.4 Å². The fourth-order valence-electron chi connectivity index (χ4n) is 3.61. The molecule has 1 unspecified atom stereocenters. The molecule has 4 N–H and O–H groups in total. The molecule has 0 saturated heterocycles. The summed E-state index contributed by atoms with van der Waals surface area (Å²) in [6, 6.07) is 19.3. The molecular weight excluding hydrogens is 478 g/mol. The highest BCUT2D eigenvalue weighted by atomic mass is 32.2. The quantitative estimate of drug-likeness (QED) is 0.322. The van der Waals surface area contributed by atoms with Gasteiger partial charge in [0.15, 0.2) is 0 Å². The van der Waals surface area contributed by atoms with Crippen LogP contribution in [-0.4, -0.2) is 37.6 Å². The Labute approximate surface area is 211 Å². The maximum absolute atomic E-state index is 12.7. The van der Waals surface area contributed by atoms with Gasteiger partial charge in [-0.15, -0.1) is 0 Å². The van der Waals surface area contributed by atoms with E-state index >= 15 is 0 Å². The molecule has 3 rings (SSSR count). The first-order valence-corrected chi connectivity index (χ1v) is 13.2. The summed E-state index contributed by atoms with van der Waals surface area (Å²) >= 11 is 0. The molecule has 1 atom stereocenters. The average molecular weight is 510 g/mol. The molecule has 0 aliphatic heterocycles. The van der Waals surface area contributed by atoms with Gasteiger partial charge in [0.25, 0.3) is 0 Å². The Bertz CT molecular complexity index is 1300. The molecule has 3 aromatic carbocycles. The zero-order chi connectivity index (χ0) is 26.3.